The van der Waals surface area contributed by atoms with Gasteiger partial charge in [-0.3, -0.25) is 10.1 Å². The van der Waals surface area contributed by atoms with Crippen LogP contribution in [0.2, 0.25) is 0 Å². The van der Waals surface area contributed by atoms with E-state index in [2.05, 4.69) is 42.3 Å². The number of thioether (sulfide) groups is 1. The molecule has 16 nitrogen and oxygen atoms in total. The maximum absolute atomic E-state index is 13.8. The minimum atomic E-state index is -1.64. The maximum atomic E-state index is 13.8. The molecule has 0 bridgehead atoms. The minimum Gasteiger partial charge on any atom is -0.462 e. The van der Waals surface area contributed by atoms with E-state index in [4.69, 9.17) is 28.4 Å². The van der Waals surface area contributed by atoms with E-state index < -0.39 is 71.9 Å². The van der Waals surface area contributed by atoms with Crippen molar-refractivity contribution in [2.75, 3.05) is 58.5 Å². The molecular formula is C49H71N3O13S. The van der Waals surface area contributed by atoms with Gasteiger partial charge in [-0.1, -0.05) is 43.9 Å². The summed E-state index contributed by atoms with van der Waals surface area (Å²) in [5.41, 5.74) is 0.243. The number of fused-ring (bicyclic) bond motifs is 8. The first-order chi connectivity index (χ1) is 31.7. The Morgan fingerprint density at radius 2 is 1.47 bits per heavy atom. The third-order valence-corrected chi connectivity index (χ3v) is 17.9. The SMILES string of the molecule is C=C1C(=O)O[C@@H]2[C@@H]3[C@@H](C[C@@]4(CC[C@@]3(O)CO)[C@@H]3[C@H]5OC(=O)C(=C)[C@@H]5CCC(=C)[C@@H]3C[C@@H]4OC(=O)CCOCCOCCOCCNC(O)CCCC[C@@H]3SC[C@@H]4NC(=O)N[C@@H]43)C(=C)CC[C@@H]12. The summed E-state index contributed by atoms with van der Waals surface area (Å²) < 4.78 is 35.7. The Balaban J connectivity index is 0.795. The van der Waals surface area contributed by atoms with Crippen molar-refractivity contribution in [1.29, 1.82) is 0 Å². The van der Waals surface area contributed by atoms with Crippen LogP contribution < -0.4 is 16.0 Å². The summed E-state index contributed by atoms with van der Waals surface area (Å²) in [4.78, 5) is 51.4. The van der Waals surface area contributed by atoms with Crippen LogP contribution in [0.15, 0.2) is 48.6 Å². The Labute approximate surface area is 392 Å². The monoisotopic (exact) mass is 941 g/mol. The number of hydrogen-bond acceptors (Lipinski definition) is 15. The number of esters is 3. The van der Waals surface area contributed by atoms with Crippen molar-refractivity contribution in [3.05, 3.63) is 48.6 Å². The molecule has 66 heavy (non-hydrogen) atoms. The number of allylic oxidation sites excluding steroid dienone is 2. The summed E-state index contributed by atoms with van der Waals surface area (Å²) in [6.45, 7) is 19.0. The second-order valence-corrected chi connectivity index (χ2v) is 21.3. The van der Waals surface area contributed by atoms with Gasteiger partial charge < -0.3 is 54.4 Å². The Bertz CT molecular complexity index is 1880. The second kappa shape index (κ2) is 21.1. The fraction of sp³-hybridized carbons (Fsp3) is 0.755. The van der Waals surface area contributed by atoms with Gasteiger partial charge in [-0.2, -0.15) is 11.8 Å². The van der Waals surface area contributed by atoms with Crippen LogP contribution in [0.4, 0.5) is 4.79 Å². The van der Waals surface area contributed by atoms with Crippen molar-refractivity contribution < 1.29 is 62.9 Å². The largest absolute Gasteiger partial charge is 0.462 e. The lowest BCUT2D eigenvalue weighted by molar-refractivity contribution is -0.163. The number of carbonyl (C=O) groups excluding carboxylic acids is 4. The van der Waals surface area contributed by atoms with Gasteiger partial charge >= 0.3 is 23.9 Å². The van der Waals surface area contributed by atoms with Crippen LogP contribution in [-0.4, -0.2) is 145 Å². The summed E-state index contributed by atoms with van der Waals surface area (Å²) in [7, 11) is 0. The Kier molecular flexibility index (Phi) is 15.7. The molecule has 4 heterocycles. The number of unbranched alkanes of at least 4 members (excludes halogenated alkanes) is 1. The standard InChI is InChI=1S/C49H71N3O13S/c1-27-9-11-31-29(3)45(56)64-43(31)40-33(27)23-37(48(40)14-15-49(59,26-53)41-34(24-48)28(2)10-12-32-30(4)46(57)65-44(32)41)63-39(55)13-17-60-19-21-62-22-20-61-18-16-50-38(54)8-6-5-7-36-42-35(25-66-36)51-47(58)52-42/h31-38,40-44,50,53-54,59H,1-26H2,(H2,51,52,58)/t31-,32-,33-,34-,35-,36-,37-,38?,40-,41-,42-,43-,44-,48+,49+/m0/s1. The van der Waals surface area contributed by atoms with Crippen LogP contribution in [0.5, 0.6) is 0 Å². The first-order valence-electron chi connectivity index (χ1n) is 24.3. The van der Waals surface area contributed by atoms with Crippen LogP contribution in [0.1, 0.15) is 83.5 Å². The predicted molar refractivity (Wildman–Crippen MR) is 244 cm³/mol. The van der Waals surface area contributed by atoms with Crippen molar-refractivity contribution in [2.24, 2.45) is 40.9 Å². The Morgan fingerprint density at radius 3 is 2.15 bits per heavy atom. The first kappa shape index (κ1) is 49.1. The second-order valence-electron chi connectivity index (χ2n) is 20.0. The highest BCUT2D eigenvalue weighted by atomic mass is 32.2. The molecule has 8 fully saturated rings. The molecule has 8 rings (SSSR count). The fourth-order valence-electron chi connectivity index (χ4n) is 13.0. The van der Waals surface area contributed by atoms with Crippen molar-refractivity contribution >= 4 is 35.7 Å². The van der Waals surface area contributed by atoms with E-state index in [1.54, 1.807) is 0 Å². The molecule has 4 saturated heterocycles. The van der Waals surface area contributed by atoms with Crippen LogP contribution in [-0.2, 0) is 42.8 Å². The zero-order valence-electron chi connectivity index (χ0n) is 38.2. The highest BCUT2D eigenvalue weighted by molar-refractivity contribution is 8.00. The van der Waals surface area contributed by atoms with Gasteiger partial charge in [0.1, 0.15) is 24.5 Å². The van der Waals surface area contributed by atoms with E-state index in [9.17, 15) is 34.5 Å². The number of carbonyl (C=O) groups is 4. The number of nitrogens with one attached hydrogen (secondary N) is 3. The molecule has 0 aromatic heterocycles. The molecule has 4 aliphatic heterocycles. The quantitative estimate of drug-likeness (QED) is 0.0195. The van der Waals surface area contributed by atoms with Gasteiger partial charge in [-0.15, -0.1) is 0 Å². The summed E-state index contributed by atoms with van der Waals surface area (Å²) in [6, 6.07) is 0.366. The number of rotatable bonds is 20. The summed E-state index contributed by atoms with van der Waals surface area (Å²) >= 11 is 1.90. The van der Waals surface area contributed by atoms with Crippen molar-refractivity contribution in [3.63, 3.8) is 0 Å². The van der Waals surface area contributed by atoms with Gasteiger partial charge in [0.15, 0.2) is 0 Å². The predicted octanol–water partition coefficient (Wildman–Crippen LogP) is 3.63. The van der Waals surface area contributed by atoms with Gasteiger partial charge in [0, 0.05) is 57.8 Å². The lowest BCUT2D eigenvalue weighted by atomic mass is 9.62. The van der Waals surface area contributed by atoms with Crippen molar-refractivity contribution in [3.8, 4) is 0 Å². The molecule has 8 aliphatic rings. The van der Waals surface area contributed by atoms with Gasteiger partial charge in [-0.25, -0.2) is 14.4 Å². The zero-order valence-corrected chi connectivity index (χ0v) is 39.0. The maximum Gasteiger partial charge on any atom is 0.334 e. The van der Waals surface area contributed by atoms with Crippen LogP contribution in [0, 0.1) is 40.9 Å². The smallest absolute Gasteiger partial charge is 0.334 e. The van der Waals surface area contributed by atoms with Crippen LogP contribution >= 0.6 is 11.8 Å². The normalized spacial score (nSPS) is 38.6. The fourth-order valence-corrected chi connectivity index (χ4v) is 14.5. The first-order valence-corrected chi connectivity index (χ1v) is 25.3. The molecule has 0 aromatic carbocycles. The summed E-state index contributed by atoms with van der Waals surface area (Å²) in [6.07, 6.45) is 4.98. The number of aliphatic hydroxyl groups is 3. The summed E-state index contributed by atoms with van der Waals surface area (Å²) in [5.74, 6) is -2.48. The Morgan fingerprint density at radius 1 is 0.833 bits per heavy atom. The lowest BCUT2D eigenvalue weighted by Crippen LogP contribution is -2.51. The molecule has 6 N–H and O–H groups in total. The number of aliphatic hydroxyl groups excluding tert-OH is 2. The number of ether oxygens (including phenoxy) is 6. The zero-order chi connectivity index (χ0) is 46.8. The van der Waals surface area contributed by atoms with Crippen molar-refractivity contribution in [2.45, 2.75) is 131 Å². The molecule has 2 amide bonds. The molecule has 1 spiro atoms. The Hall–Kier alpha value is -3.29. The van der Waals surface area contributed by atoms with E-state index >= 15 is 0 Å². The van der Waals surface area contributed by atoms with E-state index in [0.717, 1.165) is 36.2 Å². The molecule has 4 aliphatic carbocycles. The van der Waals surface area contributed by atoms with Gasteiger partial charge in [0.2, 0.25) is 0 Å². The minimum absolute atomic E-state index is 0.00164. The lowest BCUT2D eigenvalue weighted by Gasteiger charge is -2.45. The van der Waals surface area contributed by atoms with E-state index in [1.165, 1.54) is 0 Å². The van der Waals surface area contributed by atoms with Gasteiger partial charge in [0.05, 0.1) is 70.4 Å². The average molecular weight is 942 g/mol. The van der Waals surface area contributed by atoms with Crippen molar-refractivity contribution in [1.82, 2.24) is 16.0 Å². The summed E-state index contributed by atoms with van der Waals surface area (Å²) in [5, 5.41) is 43.3. The third kappa shape index (κ3) is 10.1. The van der Waals surface area contributed by atoms with E-state index in [1.807, 2.05) is 11.8 Å². The molecule has 0 aromatic rings. The highest BCUT2D eigenvalue weighted by Gasteiger charge is 2.68. The van der Waals surface area contributed by atoms with Gasteiger partial charge in [0.25, 0.3) is 0 Å². The highest BCUT2D eigenvalue weighted by Crippen LogP contribution is 2.66. The molecule has 0 radical (unpaired) electrons. The van der Waals surface area contributed by atoms with Crippen LogP contribution in [0.3, 0.4) is 0 Å². The average Bonchev–Trinajstić information content (AvgIpc) is 4.01. The molecule has 1 unspecified atom stereocenters. The van der Waals surface area contributed by atoms with E-state index in [0.29, 0.717) is 101 Å². The number of hydrogen-bond donors (Lipinski definition) is 6. The molecule has 17 heteroatoms. The number of amides is 2. The third-order valence-electron chi connectivity index (χ3n) is 16.4. The van der Waals surface area contributed by atoms with Crippen LogP contribution in [0.25, 0.3) is 0 Å². The molecule has 366 valence electrons. The van der Waals surface area contributed by atoms with Gasteiger partial charge in [-0.05, 0) is 82.5 Å². The topological polar surface area (TPSA) is 220 Å². The van der Waals surface area contributed by atoms with E-state index in [-0.39, 0.29) is 67.8 Å². The molecular weight excluding hydrogens is 871 g/mol. The number of urea groups is 1. The molecule has 15 atom stereocenters. The molecule has 4 saturated carbocycles.